The summed E-state index contributed by atoms with van der Waals surface area (Å²) in [4.78, 5) is 45.2. The first-order valence-corrected chi connectivity index (χ1v) is 21.6. The molecule has 2 fully saturated rings. The Bertz CT molecular complexity index is 2270. The van der Waals surface area contributed by atoms with Crippen molar-refractivity contribution in [2.45, 2.75) is 37.9 Å². The summed E-state index contributed by atoms with van der Waals surface area (Å²) in [6.45, 7) is 8.65. The average Bonchev–Trinajstić information content (AvgIpc) is 3.31. The summed E-state index contributed by atoms with van der Waals surface area (Å²) in [6.07, 6.45) is 7.07. The van der Waals surface area contributed by atoms with Crippen molar-refractivity contribution in [1.29, 1.82) is 0 Å². The fourth-order valence-electron chi connectivity index (χ4n) is 8.55. The third kappa shape index (κ3) is 11.0. The molecule has 2 aliphatic rings. The van der Waals surface area contributed by atoms with Crippen LogP contribution in [0.3, 0.4) is 0 Å². The highest BCUT2D eigenvalue weighted by Gasteiger charge is 2.23. The number of esters is 2. The minimum atomic E-state index is -0.703. The van der Waals surface area contributed by atoms with Crippen LogP contribution in [-0.2, 0) is 19.1 Å². The molecule has 6 aromatic rings. The quantitative estimate of drug-likeness (QED) is 0.0697. The van der Waals surface area contributed by atoms with Crippen molar-refractivity contribution in [1.82, 2.24) is 19.8 Å². The van der Waals surface area contributed by atoms with Crippen LogP contribution in [0.2, 0.25) is 0 Å². The number of para-hydroxylation sites is 2. The molecule has 2 saturated heterocycles. The molecule has 2 aromatic heterocycles. The number of hydrogen-bond acceptors (Lipinski definition) is 10. The SMILES string of the molecule is O=C(/C=C/C(=O)OC(CCCN1CCN(c2cccc3cccnc23)CC1)c1ccc(F)cc1)OC(CCCN1CCN(c2cccc3cccnc23)CC1)c1ccc(F)cc1. The van der Waals surface area contributed by atoms with Gasteiger partial charge in [0, 0.05) is 87.7 Å². The van der Waals surface area contributed by atoms with Crippen LogP contribution in [0.15, 0.2) is 134 Å². The number of benzene rings is 4. The number of halogens is 2. The van der Waals surface area contributed by atoms with Crippen molar-refractivity contribution < 1.29 is 27.8 Å². The van der Waals surface area contributed by atoms with Crippen molar-refractivity contribution >= 4 is 45.1 Å². The Labute approximate surface area is 361 Å². The smallest absolute Gasteiger partial charge is 0.331 e. The van der Waals surface area contributed by atoms with Crippen LogP contribution in [-0.4, -0.2) is 97.2 Å². The summed E-state index contributed by atoms with van der Waals surface area (Å²) in [6, 6.07) is 32.5. The molecular formula is C50H52F2N6O4. The van der Waals surface area contributed by atoms with Crippen molar-refractivity contribution in [2.75, 3.05) is 75.2 Å². The maximum absolute atomic E-state index is 13.9. The molecule has 2 aliphatic heterocycles. The van der Waals surface area contributed by atoms with E-state index in [0.717, 1.165) is 124 Å². The zero-order chi connectivity index (χ0) is 42.7. The molecule has 0 N–H and O–H groups in total. The van der Waals surface area contributed by atoms with Gasteiger partial charge in [-0.1, -0.05) is 60.7 Å². The Hall–Kier alpha value is -6.24. The molecule has 62 heavy (non-hydrogen) atoms. The minimum Gasteiger partial charge on any atom is -0.454 e. The molecule has 10 nitrogen and oxygen atoms in total. The highest BCUT2D eigenvalue weighted by Crippen LogP contribution is 2.29. The van der Waals surface area contributed by atoms with Crippen molar-refractivity contribution in [3.05, 3.63) is 157 Å². The number of carbonyl (C=O) groups excluding carboxylic acids is 2. The second-order valence-corrected chi connectivity index (χ2v) is 15.9. The van der Waals surface area contributed by atoms with E-state index >= 15 is 0 Å². The van der Waals surface area contributed by atoms with E-state index < -0.39 is 24.1 Å². The molecule has 0 amide bonds. The Morgan fingerprint density at radius 2 is 0.919 bits per heavy atom. The largest absolute Gasteiger partial charge is 0.454 e. The molecule has 12 heteroatoms. The van der Waals surface area contributed by atoms with Gasteiger partial charge in [-0.2, -0.15) is 0 Å². The number of anilines is 2. The summed E-state index contributed by atoms with van der Waals surface area (Å²) in [5.41, 5.74) is 5.65. The summed E-state index contributed by atoms with van der Waals surface area (Å²) in [7, 11) is 0. The zero-order valence-electron chi connectivity index (χ0n) is 34.8. The lowest BCUT2D eigenvalue weighted by Gasteiger charge is -2.36. The lowest BCUT2D eigenvalue weighted by atomic mass is 10.0. The van der Waals surface area contributed by atoms with E-state index in [0.29, 0.717) is 24.0 Å². The first-order valence-electron chi connectivity index (χ1n) is 21.6. The van der Waals surface area contributed by atoms with Gasteiger partial charge >= 0.3 is 11.9 Å². The molecule has 2 unspecified atom stereocenters. The Morgan fingerprint density at radius 3 is 1.32 bits per heavy atom. The number of rotatable bonds is 16. The number of pyridine rings is 2. The molecular weight excluding hydrogens is 787 g/mol. The second kappa shape index (κ2) is 20.5. The Balaban J connectivity index is 0.820. The maximum Gasteiger partial charge on any atom is 0.331 e. The van der Waals surface area contributed by atoms with Gasteiger partial charge in [0.1, 0.15) is 23.8 Å². The van der Waals surface area contributed by atoms with Crippen LogP contribution >= 0.6 is 0 Å². The predicted octanol–water partition coefficient (Wildman–Crippen LogP) is 8.69. The third-order valence-electron chi connectivity index (χ3n) is 11.9. The monoisotopic (exact) mass is 838 g/mol. The first-order chi connectivity index (χ1) is 30.4. The van der Waals surface area contributed by atoms with E-state index in [-0.39, 0.29) is 11.6 Å². The van der Waals surface area contributed by atoms with Gasteiger partial charge in [-0.25, -0.2) is 18.4 Å². The van der Waals surface area contributed by atoms with Gasteiger partial charge in [0.15, 0.2) is 0 Å². The van der Waals surface area contributed by atoms with Crippen LogP contribution < -0.4 is 9.80 Å². The fourth-order valence-corrected chi connectivity index (χ4v) is 8.55. The zero-order valence-corrected chi connectivity index (χ0v) is 34.8. The van der Waals surface area contributed by atoms with Gasteiger partial charge in [0.25, 0.3) is 0 Å². The topological polar surface area (TPSA) is 91.3 Å². The van der Waals surface area contributed by atoms with E-state index in [9.17, 15) is 18.4 Å². The van der Waals surface area contributed by atoms with Gasteiger partial charge in [0.2, 0.25) is 0 Å². The molecule has 0 saturated carbocycles. The third-order valence-corrected chi connectivity index (χ3v) is 11.9. The first kappa shape index (κ1) is 42.5. The molecule has 4 heterocycles. The van der Waals surface area contributed by atoms with E-state index in [1.807, 2.05) is 24.5 Å². The van der Waals surface area contributed by atoms with E-state index in [1.54, 1.807) is 24.3 Å². The second-order valence-electron chi connectivity index (χ2n) is 15.9. The number of ether oxygens (including phenoxy) is 2. The van der Waals surface area contributed by atoms with Gasteiger partial charge in [-0.05, 0) is 98.4 Å². The number of fused-ring (bicyclic) bond motifs is 2. The van der Waals surface area contributed by atoms with Crippen molar-refractivity contribution in [2.24, 2.45) is 0 Å². The number of hydrogen-bond donors (Lipinski definition) is 0. The number of nitrogens with zero attached hydrogens (tertiary/aromatic N) is 6. The normalized spacial score (nSPS) is 16.2. The summed E-state index contributed by atoms with van der Waals surface area (Å²) < 4.78 is 39.5. The summed E-state index contributed by atoms with van der Waals surface area (Å²) in [5.74, 6) is -2.17. The Kier molecular flexibility index (Phi) is 14.1. The highest BCUT2D eigenvalue weighted by molar-refractivity contribution is 5.92. The Morgan fingerprint density at radius 1 is 0.532 bits per heavy atom. The van der Waals surface area contributed by atoms with Crippen LogP contribution in [0.25, 0.3) is 21.8 Å². The maximum atomic E-state index is 13.9. The number of aromatic nitrogens is 2. The highest BCUT2D eigenvalue weighted by atomic mass is 19.1. The van der Waals surface area contributed by atoms with Crippen LogP contribution in [0.4, 0.5) is 20.2 Å². The van der Waals surface area contributed by atoms with Gasteiger partial charge < -0.3 is 19.3 Å². The van der Waals surface area contributed by atoms with Gasteiger partial charge in [-0.15, -0.1) is 0 Å². The molecule has 8 rings (SSSR count). The van der Waals surface area contributed by atoms with Crippen LogP contribution in [0.1, 0.15) is 49.0 Å². The lowest BCUT2D eigenvalue weighted by Crippen LogP contribution is -2.46. The summed E-state index contributed by atoms with van der Waals surface area (Å²) in [5, 5.41) is 2.25. The van der Waals surface area contributed by atoms with Crippen LogP contribution in [0.5, 0.6) is 0 Å². The molecule has 0 bridgehead atoms. The average molecular weight is 839 g/mol. The molecule has 0 radical (unpaired) electrons. The van der Waals surface area contributed by atoms with Gasteiger partial charge in [0.05, 0.1) is 22.4 Å². The van der Waals surface area contributed by atoms with Crippen LogP contribution in [0, 0.1) is 11.6 Å². The molecule has 2 atom stereocenters. The minimum absolute atomic E-state index is 0.381. The molecule has 4 aromatic carbocycles. The van der Waals surface area contributed by atoms with E-state index in [2.05, 4.69) is 78.1 Å². The molecule has 0 spiro atoms. The van der Waals surface area contributed by atoms with Crippen molar-refractivity contribution in [3.8, 4) is 0 Å². The standard InChI is InChI=1S/C50H52F2N6O4/c51-41-19-15-37(16-20-41)45(13-5-27-55-29-33-57(34-30-55)43-11-1-7-39-9-3-25-53-49(39)43)61-47(59)23-24-48(60)62-46(38-17-21-42(52)22-18-38)14-6-28-56-31-35-58(36-32-56)44-12-2-8-40-10-4-26-54-50(40)44/h1-4,7-12,15-26,45-46H,5-6,13-14,27-36H2/b24-23+. The molecule has 0 aliphatic carbocycles. The number of carbonyl (C=O) groups is 2. The summed E-state index contributed by atoms with van der Waals surface area (Å²) >= 11 is 0. The fraction of sp³-hybridized carbons (Fsp3) is 0.320. The van der Waals surface area contributed by atoms with Crippen molar-refractivity contribution in [3.63, 3.8) is 0 Å². The number of piperazine rings is 2. The molecule has 320 valence electrons. The van der Waals surface area contributed by atoms with E-state index in [1.165, 1.54) is 24.3 Å². The lowest BCUT2D eigenvalue weighted by molar-refractivity contribution is -0.146. The van der Waals surface area contributed by atoms with E-state index in [4.69, 9.17) is 9.47 Å². The predicted molar refractivity (Wildman–Crippen MR) is 239 cm³/mol. The van der Waals surface area contributed by atoms with Gasteiger partial charge in [-0.3, -0.25) is 19.8 Å².